The Balaban J connectivity index is 2.11. The number of hydrogen-bond acceptors (Lipinski definition) is 3. The van der Waals surface area contributed by atoms with Crippen molar-refractivity contribution in [3.63, 3.8) is 0 Å². The van der Waals surface area contributed by atoms with Crippen molar-refractivity contribution in [3.05, 3.63) is 28.2 Å². The zero-order valence-corrected chi connectivity index (χ0v) is 11.8. The molecule has 98 valence electrons. The number of nitrogens with zero attached hydrogens (tertiary/aromatic N) is 1. The van der Waals surface area contributed by atoms with Gasteiger partial charge in [0.1, 0.15) is 5.84 Å². The predicted octanol–water partition coefficient (Wildman–Crippen LogP) is 1.94. The van der Waals surface area contributed by atoms with E-state index in [-0.39, 0.29) is 12.4 Å². The van der Waals surface area contributed by atoms with Crippen LogP contribution in [0, 0.1) is 11.3 Å². The summed E-state index contributed by atoms with van der Waals surface area (Å²) in [5, 5.41) is 16.4. The minimum Gasteiger partial charge on any atom is -0.396 e. The van der Waals surface area contributed by atoms with Crippen molar-refractivity contribution in [2.24, 2.45) is 11.7 Å². The van der Waals surface area contributed by atoms with Gasteiger partial charge in [-0.2, -0.15) is 0 Å². The Morgan fingerprint density at radius 2 is 2.33 bits per heavy atom. The van der Waals surface area contributed by atoms with E-state index in [2.05, 4.69) is 20.8 Å². The fourth-order valence-corrected chi connectivity index (χ4v) is 2.98. The van der Waals surface area contributed by atoms with Crippen LogP contribution in [-0.2, 0) is 0 Å². The van der Waals surface area contributed by atoms with Crippen LogP contribution in [0.5, 0.6) is 0 Å². The number of halogens is 1. The molecule has 2 rings (SSSR count). The first-order chi connectivity index (χ1) is 8.61. The number of nitrogens with one attached hydrogen (secondary N) is 1. The quantitative estimate of drug-likeness (QED) is 0.588. The first-order valence-electron chi connectivity index (χ1n) is 6.11. The maximum atomic E-state index is 8.96. The SMILES string of the molecule is N=C(N)c1ccc(N2CCC(CCO)C2)cc1Br. The molecule has 5 heteroatoms. The molecule has 0 bridgehead atoms. The van der Waals surface area contributed by atoms with Crippen molar-refractivity contribution >= 4 is 27.5 Å². The van der Waals surface area contributed by atoms with E-state index < -0.39 is 0 Å². The van der Waals surface area contributed by atoms with Gasteiger partial charge in [0.25, 0.3) is 0 Å². The summed E-state index contributed by atoms with van der Waals surface area (Å²) in [4.78, 5) is 2.31. The molecule has 1 aromatic rings. The van der Waals surface area contributed by atoms with Crippen LogP contribution < -0.4 is 10.6 Å². The standard InChI is InChI=1S/C13H18BrN3O/c14-12-7-10(1-2-11(12)13(15)16)17-5-3-9(8-17)4-6-18/h1-2,7,9,18H,3-6,8H2,(H3,15,16). The van der Waals surface area contributed by atoms with Crippen LogP contribution in [0.25, 0.3) is 0 Å². The Hall–Kier alpha value is -1.07. The average molecular weight is 312 g/mol. The lowest BCUT2D eigenvalue weighted by molar-refractivity contribution is 0.263. The molecule has 0 saturated carbocycles. The largest absolute Gasteiger partial charge is 0.396 e. The Bertz CT molecular complexity index is 450. The number of hydrogen-bond donors (Lipinski definition) is 3. The van der Waals surface area contributed by atoms with E-state index in [1.54, 1.807) is 0 Å². The van der Waals surface area contributed by atoms with Gasteiger partial charge in [-0.15, -0.1) is 0 Å². The lowest BCUT2D eigenvalue weighted by atomic mass is 10.1. The molecular formula is C13H18BrN3O. The van der Waals surface area contributed by atoms with Gasteiger partial charge in [-0.1, -0.05) is 0 Å². The molecule has 4 N–H and O–H groups in total. The molecule has 1 heterocycles. The highest BCUT2D eigenvalue weighted by Crippen LogP contribution is 2.29. The van der Waals surface area contributed by atoms with Crippen LogP contribution in [0.15, 0.2) is 22.7 Å². The summed E-state index contributed by atoms with van der Waals surface area (Å²) in [5.74, 6) is 0.661. The summed E-state index contributed by atoms with van der Waals surface area (Å²) in [6.45, 7) is 2.29. The van der Waals surface area contributed by atoms with Crippen molar-refractivity contribution in [2.45, 2.75) is 12.8 Å². The van der Waals surface area contributed by atoms with E-state index in [0.29, 0.717) is 5.92 Å². The van der Waals surface area contributed by atoms with E-state index in [4.69, 9.17) is 16.2 Å². The minimum atomic E-state index is 0.0769. The highest BCUT2D eigenvalue weighted by molar-refractivity contribution is 9.10. The zero-order chi connectivity index (χ0) is 13.1. The average Bonchev–Trinajstić information content (AvgIpc) is 2.77. The summed E-state index contributed by atoms with van der Waals surface area (Å²) >= 11 is 3.45. The van der Waals surface area contributed by atoms with Gasteiger partial charge in [0.15, 0.2) is 0 Å². The predicted molar refractivity (Wildman–Crippen MR) is 77.2 cm³/mol. The van der Waals surface area contributed by atoms with Gasteiger partial charge in [-0.3, -0.25) is 5.41 Å². The van der Waals surface area contributed by atoms with Gasteiger partial charge in [0.05, 0.1) is 0 Å². The maximum absolute atomic E-state index is 8.96. The third-order valence-corrected chi connectivity index (χ3v) is 4.09. The molecule has 0 radical (unpaired) electrons. The van der Waals surface area contributed by atoms with Crippen molar-refractivity contribution in [1.82, 2.24) is 0 Å². The zero-order valence-electron chi connectivity index (χ0n) is 10.2. The Labute approximate surface area is 115 Å². The fraction of sp³-hybridized carbons (Fsp3) is 0.462. The topological polar surface area (TPSA) is 73.3 Å². The molecular weight excluding hydrogens is 294 g/mol. The molecule has 1 atom stereocenters. The van der Waals surface area contributed by atoms with Crippen molar-refractivity contribution < 1.29 is 5.11 Å². The maximum Gasteiger partial charge on any atom is 0.123 e. The van der Waals surface area contributed by atoms with Gasteiger partial charge in [-0.05, 0) is 52.9 Å². The van der Waals surface area contributed by atoms with Crippen LogP contribution in [0.4, 0.5) is 5.69 Å². The molecule has 1 saturated heterocycles. The molecule has 1 aliphatic heterocycles. The highest BCUT2D eigenvalue weighted by atomic mass is 79.9. The van der Waals surface area contributed by atoms with Gasteiger partial charge in [0.2, 0.25) is 0 Å². The van der Waals surface area contributed by atoms with Gasteiger partial charge in [0, 0.05) is 35.4 Å². The Kier molecular flexibility index (Phi) is 4.24. The first kappa shape index (κ1) is 13.4. The van der Waals surface area contributed by atoms with Crippen molar-refractivity contribution in [3.8, 4) is 0 Å². The molecule has 1 aromatic carbocycles. The number of amidine groups is 1. The molecule has 1 fully saturated rings. The summed E-state index contributed by atoms with van der Waals surface area (Å²) in [5.41, 5.74) is 7.36. The number of rotatable bonds is 4. The Morgan fingerprint density at radius 3 is 2.94 bits per heavy atom. The van der Waals surface area contributed by atoms with E-state index in [9.17, 15) is 0 Å². The second-order valence-corrected chi connectivity index (χ2v) is 5.55. The number of anilines is 1. The summed E-state index contributed by atoms with van der Waals surface area (Å²) in [6, 6.07) is 5.89. The molecule has 0 aromatic heterocycles. The van der Waals surface area contributed by atoms with Crippen molar-refractivity contribution in [1.29, 1.82) is 5.41 Å². The molecule has 1 aliphatic rings. The lowest BCUT2D eigenvalue weighted by Crippen LogP contribution is -2.20. The second kappa shape index (κ2) is 5.71. The summed E-state index contributed by atoms with van der Waals surface area (Å²) in [7, 11) is 0. The third-order valence-electron chi connectivity index (χ3n) is 3.43. The summed E-state index contributed by atoms with van der Waals surface area (Å²) < 4.78 is 0.859. The number of benzene rings is 1. The van der Waals surface area contributed by atoms with E-state index in [0.717, 1.165) is 41.7 Å². The van der Waals surface area contributed by atoms with E-state index in [1.165, 1.54) is 0 Å². The normalized spacial score (nSPS) is 19.2. The van der Waals surface area contributed by atoms with Gasteiger partial charge >= 0.3 is 0 Å². The van der Waals surface area contributed by atoms with Gasteiger partial charge < -0.3 is 15.7 Å². The number of aliphatic hydroxyl groups excluding tert-OH is 1. The molecule has 0 spiro atoms. The fourth-order valence-electron chi connectivity index (χ4n) is 2.40. The summed E-state index contributed by atoms with van der Waals surface area (Å²) in [6.07, 6.45) is 2.01. The molecule has 1 unspecified atom stereocenters. The number of nitrogens with two attached hydrogens (primary N) is 1. The van der Waals surface area contributed by atoms with Gasteiger partial charge in [-0.25, -0.2) is 0 Å². The molecule has 0 amide bonds. The van der Waals surface area contributed by atoms with Crippen molar-refractivity contribution in [2.75, 3.05) is 24.6 Å². The number of nitrogen functional groups attached to an aromatic ring is 1. The lowest BCUT2D eigenvalue weighted by Gasteiger charge is -2.19. The number of aliphatic hydroxyl groups is 1. The smallest absolute Gasteiger partial charge is 0.123 e. The Morgan fingerprint density at radius 1 is 1.56 bits per heavy atom. The first-order valence-corrected chi connectivity index (χ1v) is 6.91. The highest BCUT2D eigenvalue weighted by Gasteiger charge is 2.22. The van der Waals surface area contributed by atoms with E-state index in [1.807, 2.05) is 18.2 Å². The van der Waals surface area contributed by atoms with Crippen LogP contribution in [0.3, 0.4) is 0 Å². The minimum absolute atomic E-state index is 0.0769. The van der Waals surface area contributed by atoms with E-state index >= 15 is 0 Å². The molecule has 18 heavy (non-hydrogen) atoms. The van der Waals surface area contributed by atoms with Crippen LogP contribution in [-0.4, -0.2) is 30.6 Å². The van der Waals surface area contributed by atoms with Crippen LogP contribution in [0.1, 0.15) is 18.4 Å². The van der Waals surface area contributed by atoms with Crippen LogP contribution in [0.2, 0.25) is 0 Å². The third kappa shape index (κ3) is 2.84. The molecule has 0 aliphatic carbocycles. The molecule has 4 nitrogen and oxygen atoms in total. The second-order valence-electron chi connectivity index (χ2n) is 4.69. The van der Waals surface area contributed by atoms with Crippen LogP contribution >= 0.6 is 15.9 Å². The monoisotopic (exact) mass is 311 g/mol.